The average Bonchev–Trinajstić information content (AvgIpc) is 2.76. The first-order valence-electron chi connectivity index (χ1n) is 6.91. The zero-order valence-corrected chi connectivity index (χ0v) is 11.9. The van der Waals surface area contributed by atoms with E-state index in [0.717, 1.165) is 28.8 Å². The number of nitrogens with two attached hydrogens (primary N) is 1. The van der Waals surface area contributed by atoms with Crippen molar-refractivity contribution >= 4 is 11.0 Å². The lowest BCUT2D eigenvalue weighted by molar-refractivity contribution is 0.956. The van der Waals surface area contributed by atoms with Crippen LogP contribution in [0.4, 0.5) is 0 Å². The molecule has 3 nitrogen and oxygen atoms in total. The first-order chi connectivity index (χ1) is 9.69. The van der Waals surface area contributed by atoms with Crippen molar-refractivity contribution in [3.8, 4) is 11.4 Å². The molecule has 0 spiro atoms. The lowest BCUT2D eigenvalue weighted by Crippen LogP contribution is -2.02. The highest BCUT2D eigenvalue weighted by atomic mass is 15.1. The van der Waals surface area contributed by atoms with Gasteiger partial charge in [-0.1, -0.05) is 29.8 Å². The van der Waals surface area contributed by atoms with Crippen LogP contribution in [-0.4, -0.2) is 16.1 Å². The second kappa shape index (κ2) is 5.10. The van der Waals surface area contributed by atoms with E-state index in [4.69, 9.17) is 10.7 Å². The molecule has 0 radical (unpaired) electrons. The first-order valence-corrected chi connectivity index (χ1v) is 6.91. The summed E-state index contributed by atoms with van der Waals surface area (Å²) in [6.07, 6.45) is 0.895. The van der Waals surface area contributed by atoms with E-state index in [-0.39, 0.29) is 0 Å². The standard InChI is InChI=1S/C17H19N3/c1-12-4-3-5-14(10-12)17-19-15-11-13(8-9-18)6-7-16(15)20(17)2/h3-7,10-11H,8-9,18H2,1-2H3. The molecule has 0 bridgehead atoms. The summed E-state index contributed by atoms with van der Waals surface area (Å²) in [7, 11) is 2.07. The molecule has 0 aliphatic carbocycles. The van der Waals surface area contributed by atoms with Crippen molar-refractivity contribution in [2.45, 2.75) is 13.3 Å². The predicted octanol–water partition coefficient (Wildman–Crippen LogP) is 3.05. The Balaban J connectivity index is 2.15. The lowest BCUT2D eigenvalue weighted by Gasteiger charge is -2.03. The second-order valence-corrected chi connectivity index (χ2v) is 5.23. The summed E-state index contributed by atoms with van der Waals surface area (Å²) in [6, 6.07) is 14.9. The minimum Gasteiger partial charge on any atom is -0.330 e. The van der Waals surface area contributed by atoms with E-state index in [9.17, 15) is 0 Å². The minimum atomic E-state index is 0.670. The lowest BCUT2D eigenvalue weighted by atomic mass is 10.1. The Hall–Kier alpha value is -2.13. The SMILES string of the molecule is Cc1cccc(-c2nc3cc(CCN)ccc3n2C)c1. The number of aryl methyl sites for hydroxylation is 2. The number of rotatable bonds is 3. The second-order valence-electron chi connectivity index (χ2n) is 5.23. The molecular weight excluding hydrogens is 246 g/mol. The van der Waals surface area contributed by atoms with Gasteiger partial charge in [-0.05, 0) is 43.7 Å². The van der Waals surface area contributed by atoms with Gasteiger partial charge in [-0.25, -0.2) is 4.98 Å². The van der Waals surface area contributed by atoms with Crippen molar-refractivity contribution in [3.63, 3.8) is 0 Å². The molecule has 0 fully saturated rings. The highest BCUT2D eigenvalue weighted by Gasteiger charge is 2.10. The van der Waals surface area contributed by atoms with E-state index in [2.05, 4.69) is 61.0 Å². The molecule has 3 rings (SSSR count). The van der Waals surface area contributed by atoms with E-state index in [1.54, 1.807) is 0 Å². The third-order valence-electron chi connectivity index (χ3n) is 3.65. The molecule has 3 aromatic rings. The molecule has 0 saturated carbocycles. The number of hydrogen-bond acceptors (Lipinski definition) is 2. The van der Waals surface area contributed by atoms with E-state index in [0.29, 0.717) is 6.54 Å². The number of nitrogens with zero attached hydrogens (tertiary/aromatic N) is 2. The number of aromatic nitrogens is 2. The van der Waals surface area contributed by atoms with E-state index in [1.165, 1.54) is 11.1 Å². The number of hydrogen-bond donors (Lipinski definition) is 1. The summed E-state index contributed by atoms with van der Waals surface area (Å²) in [4.78, 5) is 4.79. The van der Waals surface area contributed by atoms with Crippen molar-refractivity contribution in [3.05, 3.63) is 53.6 Å². The van der Waals surface area contributed by atoms with Crippen LogP contribution in [0.2, 0.25) is 0 Å². The number of imidazole rings is 1. The van der Waals surface area contributed by atoms with Crippen LogP contribution in [0.25, 0.3) is 22.4 Å². The van der Waals surface area contributed by atoms with Gasteiger partial charge < -0.3 is 10.3 Å². The maximum Gasteiger partial charge on any atom is 0.140 e. The van der Waals surface area contributed by atoms with Crippen LogP contribution < -0.4 is 5.73 Å². The quantitative estimate of drug-likeness (QED) is 0.791. The van der Waals surface area contributed by atoms with Gasteiger partial charge >= 0.3 is 0 Å². The summed E-state index contributed by atoms with van der Waals surface area (Å²) >= 11 is 0. The fraction of sp³-hybridized carbons (Fsp3) is 0.235. The Morgan fingerprint density at radius 2 is 2.00 bits per heavy atom. The summed E-state index contributed by atoms with van der Waals surface area (Å²) in [5.41, 5.74) is 11.5. The molecular formula is C17H19N3. The van der Waals surface area contributed by atoms with Gasteiger partial charge in [0.25, 0.3) is 0 Å². The third kappa shape index (κ3) is 2.21. The molecule has 102 valence electrons. The van der Waals surface area contributed by atoms with Gasteiger partial charge in [0.1, 0.15) is 5.82 Å². The molecule has 0 amide bonds. The van der Waals surface area contributed by atoms with Crippen molar-refractivity contribution in [1.29, 1.82) is 0 Å². The molecule has 0 atom stereocenters. The maximum atomic E-state index is 5.62. The molecule has 0 saturated heterocycles. The van der Waals surface area contributed by atoms with Crippen molar-refractivity contribution in [2.24, 2.45) is 12.8 Å². The van der Waals surface area contributed by atoms with Crippen LogP contribution in [0, 0.1) is 6.92 Å². The maximum absolute atomic E-state index is 5.62. The molecule has 20 heavy (non-hydrogen) atoms. The summed E-state index contributed by atoms with van der Waals surface area (Å²) in [5, 5.41) is 0. The third-order valence-corrected chi connectivity index (χ3v) is 3.65. The molecule has 1 aromatic heterocycles. The van der Waals surface area contributed by atoms with Crippen molar-refractivity contribution in [1.82, 2.24) is 9.55 Å². The average molecular weight is 265 g/mol. The van der Waals surface area contributed by atoms with Crippen LogP contribution in [0.3, 0.4) is 0 Å². The van der Waals surface area contributed by atoms with Crippen LogP contribution in [0.1, 0.15) is 11.1 Å². The summed E-state index contributed by atoms with van der Waals surface area (Å²) < 4.78 is 2.15. The highest BCUT2D eigenvalue weighted by Crippen LogP contribution is 2.25. The minimum absolute atomic E-state index is 0.670. The van der Waals surface area contributed by atoms with Gasteiger partial charge in [0, 0.05) is 12.6 Å². The monoisotopic (exact) mass is 265 g/mol. The Morgan fingerprint density at radius 1 is 1.15 bits per heavy atom. The highest BCUT2D eigenvalue weighted by molar-refractivity contribution is 5.81. The van der Waals surface area contributed by atoms with E-state index < -0.39 is 0 Å². The Labute approximate surface area is 119 Å². The van der Waals surface area contributed by atoms with Gasteiger partial charge in [0.2, 0.25) is 0 Å². The van der Waals surface area contributed by atoms with Crippen LogP contribution in [0.5, 0.6) is 0 Å². The van der Waals surface area contributed by atoms with Gasteiger partial charge in [-0.2, -0.15) is 0 Å². The first kappa shape index (κ1) is 12.9. The molecule has 1 heterocycles. The predicted molar refractivity (Wildman–Crippen MR) is 83.6 cm³/mol. The Bertz CT molecular complexity index is 756. The van der Waals surface area contributed by atoms with Gasteiger partial charge in [-0.15, -0.1) is 0 Å². The molecule has 2 N–H and O–H groups in total. The number of fused-ring (bicyclic) bond motifs is 1. The molecule has 3 heteroatoms. The van der Waals surface area contributed by atoms with E-state index in [1.807, 2.05) is 0 Å². The Morgan fingerprint density at radius 3 is 2.75 bits per heavy atom. The number of benzene rings is 2. The van der Waals surface area contributed by atoms with Gasteiger partial charge in [-0.3, -0.25) is 0 Å². The normalized spacial score (nSPS) is 11.2. The van der Waals surface area contributed by atoms with E-state index >= 15 is 0 Å². The zero-order valence-electron chi connectivity index (χ0n) is 11.9. The molecule has 0 unspecified atom stereocenters. The fourth-order valence-electron chi connectivity index (χ4n) is 2.61. The summed E-state index contributed by atoms with van der Waals surface area (Å²) in [5.74, 6) is 1.01. The van der Waals surface area contributed by atoms with Crippen LogP contribution >= 0.6 is 0 Å². The smallest absolute Gasteiger partial charge is 0.140 e. The van der Waals surface area contributed by atoms with Gasteiger partial charge in [0.05, 0.1) is 11.0 Å². The molecule has 0 aliphatic heterocycles. The molecule has 2 aromatic carbocycles. The fourth-order valence-corrected chi connectivity index (χ4v) is 2.61. The zero-order chi connectivity index (χ0) is 14.1. The van der Waals surface area contributed by atoms with Crippen LogP contribution in [0.15, 0.2) is 42.5 Å². The largest absolute Gasteiger partial charge is 0.330 e. The van der Waals surface area contributed by atoms with Crippen LogP contribution in [-0.2, 0) is 13.5 Å². The van der Waals surface area contributed by atoms with Crippen molar-refractivity contribution in [2.75, 3.05) is 6.54 Å². The van der Waals surface area contributed by atoms with Gasteiger partial charge in [0.15, 0.2) is 0 Å². The summed E-state index contributed by atoms with van der Waals surface area (Å²) in [6.45, 7) is 2.77. The topological polar surface area (TPSA) is 43.8 Å². The molecule has 0 aliphatic rings. The van der Waals surface area contributed by atoms with Crippen molar-refractivity contribution < 1.29 is 0 Å². The Kier molecular flexibility index (Phi) is 3.28.